The molecule has 1 unspecified atom stereocenters. The SMILES string of the molecule is CCCc1cccc(CC(C)(Oc2ccc(C(C)C)cc2)C(=O)[O-])c1.[Na+]. The minimum absolute atomic E-state index is 0. The van der Waals surface area contributed by atoms with Gasteiger partial charge in [0.15, 0.2) is 0 Å². The molecule has 2 aromatic rings. The molecule has 0 saturated heterocycles. The third-order valence-electron chi connectivity index (χ3n) is 4.39. The predicted octanol–water partition coefficient (Wildman–Crippen LogP) is 0.897. The fourth-order valence-corrected chi connectivity index (χ4v) is 2.90. The van der Waals surface area contributed by atoms with Crippen molar-refractivity contribution >= 4 is 5.97 Å². The van der Waals surface area contributed by atoms with Gasteiger partial charge < -0.3 is 14.6 Å². The monoisotopic (exact) mass is 362 g/mol. The number of aliphatic carboxylic acids is 1. The second-order valence-electron chi connectivity index (χ2n) is 7.09. The third-order valence-corrected chi connectivity index (χ3v) is 4.39. The maximum Gasteiger partial charge on any atom is 1.00 e. The molecular formula is C22H27NaO3. The van der Waals surface area contributed by atoms with Crippen LogP contribution in [-0.2, 0) is 17.6 Å². The van der Waals surface area contributed by atoms with Gasteiger partial charge in [0.2, 0.25) is 0 Å². The molecule has 0 aliphatic rings. The van der Waals surface area contributed by atoms with Crippen LogP contribution in [0.4, 0.5) is 0 Å². The Morgan fingerprint density at radius 1 is 1.12 bits per heavy atom. The van der Waals surface area contributed by atoms with Crippen LogP contribution in [0.15, 0.2) is 48.5 Å². The van der Waals surface area contributed by atoms with Gasteiger partial charge in [-0.15, -0.1) is 0 Å². The largest absolute Gasteiger partial charge is 1.00 e. The van der Waals surface area contributed by atoms with E-state index in [9.17, 15) is 9.90 Å². The number of aryl methyl sites for hydroxylation is 1. The van der Waals surface area contributed by atoms with Crippen molar-refractivity contribution in [2.24, 2.45) is 0 Å². The molecule has 2 rings (SSSR count). The molecule has 0 aliphatic heterocycles. The molecule has 0 N–H and O–H groups in total. The Morgan fingerprint density at radius 3 is 2.27 bits per heavy atom. The van der Waals surface area contributed by atoms with Crippen LogP contribution < -0.4 is 39.4 Å². The van der Waals surface area contributed by atoms with Crippen molar-refractivity contribution in [2.75, 3.05) is 0 Å². The Balaban J connectivity index is 0.00000338. The average Bonchev–Trinajstić information content (AvgIpc) is 2.55. The molecular weight excluding hydrogens is 335 g/mol. The van der Waals surface area contributed by atoms with E-state index in [0.717, 1.165) is 18.4 Å². The standard InChI is InChI=1S/C22H28O3.Na/c1-5-7-17-8-6-9-18(14-17)15-22(4,21(23)24)25-20-12-10-19(11-13-20)16(2)3;/h6,8-14,16H,5,7,15H2,1-4H3,(H,23,24);/q;+1/p-1. The van der Waals surface area contributed by atoms with E-state index in [1.807, 2.05) is 36.4 Å². The number of carbonyl (C=O) groups excluding carboxylic acids is 1. The first kappa shape index (κ1) is 22.8. The van der Waals surface area contributed by atoms with E-state index < -0.39 is 11.6 Å². The Hall–Kier alpha value is -1.29. The molecule has 26 heavy (non-hydrogen) atoms. The predicted molar refractivity (Wildman–Crippen MR) is 98.7 cm³/mol. The molecule has 4 heteroatoms. The molecule has 0 spiro atoms. The van der Waals surface area contributed by atoms with Crippen LogP contribution in [0.1, 0.15) is 56.7 Å². The number of carbonyl (C=O) groups is 1. The van der Waals surface area contributed by atoms with Crippen LogP contribution in [0.25, 0.3) is 0 Å². The van der Waals surface area contributed by atoms with Crippen LogP contribution >= 0.6 is 0 Å². The molecule has 0 fully saturated rings. The summed E-state index contributed by atoms with van der Waals surface area (Å²) in [5.41, 5.74) is 1.93. The summed E-state index contributed by atoms with van der Waals surface area (Å²) in [6.45, 7) is 7.93. The van der Waals surface area contributed by atoms with Crippen molar-refractivity contribution in [1.82, 2.24) is 0 Å². The van der Waals surface area contributed by atoms with Gasteiger partial charge >= 0.3 is 29.6 Å². The molecule has 134 valence electrons. The summed E-state index contributed by atoms with van der Waals surface area (Å²) in [5, 5.41) is 11.8. The molecule has 0 radical (unpaired) electrons. The van der Waals surface area contributed by atoms with Crippen molar-refractivity contribution in [1.29, 1.82) is 0 Å². The maximum atomic E-state index is 11.8. The normalized spacial score (nSPS) is 13.0. The van der Waals surface area contributed by atoms with E-state index in [2.05, 4.69) is 32.9 Å². The Bertz CT molecular complexity index is 710. The topological polar surface area (TPSA) is 49.4 Å². The van der Waals surface area contributed by atoms with E-state index >= 15 is 0 Å². The summed E-state index contributed by atoms with van der Waals surface area (Å²) in [5.74, 6) is -0.245. The van der Waals surface area contributed by atoms with Crippen LogP contribution in [0, 0.1) is 0 Å². The summed E-state index contributed by atoms with van der Waals surface area (Å²) in [6, 6.07) is 15.6. The van der Waals surface area contributed by atoms with Gasteiger partial charge in [-0.05, 0) is 48.1 Å². The van der Waals surface area contributed by atoms with Gasteiger partial charge in [0.05, 0.1) is 5.97 Å². The Labute approximate surface area is 179 Å². The summed E-state index contributed by atoms with van der Waals surface area (Å²) < 4.78 is 5.84. The minimum Gasteiger partial charge on any atom is -0.546 e. The Kier molecular flexibility index (Phi) is 8.88. The molecule has 3 nitrogen and oxygen atoms in total. The van der Waals surface area contributed by atoms with E-state index in [1.54, 1.807) is 6.92 Å². The second-order valence-corrected chi connectivity index (χ2v) is 7.09. The molecule has 0 bridgehead atoms. The zero-order chi connectivity index (χ0) is 18.4. The first-order valence-electron chi connectivity index (χ1n) is 8.92. The fraction of sp³-hybridized carbons (Fsp3) is 0.409. The van der Waals surface area contributed by atoms with Crippen molar-refractivity contribution in [2.45, 2.75) is 58.5 Å². The third kappa shape index (κ3) is 6.15. The first-order valence-corrected chi connectivity index (χ1v) is 8.92. The molecule has 0 aliphatic carbocycles. The van der Waals surface area contributed by atoms with E-state index in [1.165, 1.54) is 11.1 Å². The van der Waals surface area contributed by atoms with Crippen LogP contribution in [-0.4, -0.2) is 11.6 Å². The van der Waals surface area contributed by atoms with Crippen molar-refractivity contribution in [3.8, 4) is 5.75 Å². The van der Waals surface area contributed by atoms with Crippen LogP contribution in [0.2, 0.25) is 0 Å². The Morgan fingerprint density at radius 2 is 1.73 bits per heavy atom. The molecule has 0 heterocycles. The van der Waals surface area contributed by atoms with Gasteiger partial charge in [0.1, 0.15) is 11.4 Å². The summed E-state index contributed by atoms with van der Waals surface area (Å²) >= 11 is 0. The van der Waals surface area contributed by atoms with E-state index in [-0.39, 0.29) is 36.0 Å². The van der Waals surface area contributed by atoms with Crippen LogP contribution in [0.5, 0.6) is 5.75 Å². The van der Waals surface area contributed by atoms with Crippen LogP contribution in [0.3, 0.4) is 0 Å². The number of benzene rings is 2. The van der Waals surface area contributed by atoms with Crippen molar-refractivity contribution < 1.29 is 44.2 Å². The van der Waals surface area contributed by atoms with E-state index in [4.69, 9.17) is 4.74 Å². The zero-order valence-electron chi connectivity index (χ0n) is 16.5. The summed E-state index contributed by atoms with van der Waals surface area (Å²) in [7, 11) is 0. The van der Waals surface area contributed by atoms with Crippen molar-refractivity contribution in [3.05, 3.63) is 65.2 Å². The fourth-order valence-electron chi connectivity index (χ4n) is 2.90. The minimum atomic E-state index is -1.41. The van der Waals surface area contributed by atoms with Crippen molar-refractivity contribution in [3.63, 3.8) is 0 Å². The van der Waals surface area contributed by atoms with Gasteiger partial charge in [-0.1, -0.05) is 63.6 Å². The quantitative estimate of drug-likeness (QED) is 0.656. The molecule has 1 atom stereocenters. The molecule has 0 amide bonds. The molecule has 0 saturated carbocycles. The summed E-state index contributed by atoms with van der Waals surface area (Å²) in [4.78, 5) is 11.8. The number of hydrogen-bond donors (Lipinski definition) is 0. The number of rotatable bonds is 8. The van der Waals surface area contributed by atoms with Gasteiger partial charge in [-0.2, -0.15) is 0 Å². The van der Waals surface area contributed by atoms with Gasteiger partial charge in [0.25, 0.3) is 0 Å². The second kappa shape index (κ2) is 10.1. The number of hydrogen-bond acceptors (Lipinski definition) is 3. The van der Waals surface area contributed by atoms with Gasteiger partial charge in [-0.3, -0.25) is 0 Å². The van der Waals surface area contributed by atoms with Gasteiger partial charge in [-0.25, -0.2) is 0 Å². The maximum absolute atomic E-state index is 11.8. The average molecular weight is 362 g/mol. The summed E-state index contributed by atoms with van der Waals surface area (Å²) in [6.07, 6.45) is 2.30. The smallest absolute Gasteiger partial charge is 0.546 e. The molecule has 0 aromatic heterocycles. The first-order chi connectivity index (χ1) is 11.8. The number of carboxylic acids is 1. The van der Waals surface area contributed by atoms with Gasteiger partial charge in [0, 0.05) is 6.42 Å². The zero-order valence-corrected chi connectivity index (χ0v) is 18.5. The number of ether oxygens (including phenoxy) is 1. The van der Waals surface area contributed by atoms with E-state index in [0.29, 0.717) is 11.7 Å². The molecule has 2 aromatic carbocycles. The number of carboxylic acid groups (broad SMARTS) is 1.